The van der Waals surface area contributed by atoms with Gasteiger partial charge in [0.2, 0.25) is 11.1 Å². The summed E-state index contributed by atoms with van der Waals surface area (Å²) < 4.78 is 43.9. The van der Waals surface area contributed by atoms with E-state index in [2.05, 4.69) is 4.98 Å². The van der Waals surface area contributed by atoms with Gasteiger partial charge in [0.05, 0.1) is 7.11 Å². The maximum Gasteiger partial charge on any atom is 0.673 e. The van der Waals surface area contributed by atoms with Crippen LogP contribution in [0, 0.1) is 5.39 Å². The number of hydrogen-bond donors (Lipinski definition) is 0. The molecular weight excluding hydrogens is 215 g/mol. The predicted molar refractivity (Wildman–Crippen MR) is 47.9 cm³/mol. The SMILES string of the molecule is COc1ccccc1[N+]#N.F[B-](F)(F)F. The van der Waals surface area contributed by atoms with Gasteiger partial charge in [-0.05, 0) is 6.07 Å². The van der Waals surface area contributed by atoms with Crippen molar-refractivity contribution in [1.29, 1.82) is 5.39 Å². The lowest BCUT2D eigenvalue weighted by Crippen LogP contribution is -2.02. The van der Waals surface area contributed by atoms with Crippen molar-refractivity contribution in [1.82, 2.24) is 0 Å². The fourth-order valence-corrected chi connectivity index (χ4v) is 0.712. The minimum Gasteiger partial charge on any atom is -0.489 e. The first kappa shape index (κ1) is 13.2. The van der Waals surface area contributed by atoms with Gasteiger partial charge in [0.15, 0.2) is 4.98 Å². The van der Waals surface area contributed by atoms with E-state index in [1.807, 2.05) is 6.07 Å². The van der Waals surface area contributed by atoms with Crippen molar-refractivity contribution in [3.63, 3.8) is 0 Å². The first-order valence-electron chi connectivity index (χ1n) is 3.74. The Morgan fingerprint density at radius 1 is 1.20 bits per heavy atom. The number of rotatable bonds is 1. The van der Waals surface area contributed by atoms with E-state index < -0.39 is 7.25 Å². The molecule has 0 aliphatic rings. The van der Waals surface area contributed by atoms with Crippen molar-refractivity contribution in [2.24, 2.45) is 0 Å². The maximum absolute atomic E-state index is 9.75. The van der Waals surface area contributed by atoms with Gasteiger partial charge in [-0.15, -0.1) is 0 Å². The van der Waals surface area contributed by atoms with Gasteiger partial charge in [-0.1, -0.05) is 12.1 Å². The van der Waals surface area contributed by atoms with E-state index in [0.717, 1.165) is 0 Å². The monoisotopic (exact) mass is 222 g/mol. The fourth-order valence-electron chi connectivity index (χ4n) is 0.712. The Kier molecular flexibility index (Phi) is 5.16. The van der Waals surface area contributed by atoms with E-state index in [1.54, 1.807) is 18.2 Å². The second-order valence-corrected chi connectivity index (χ2v) is 2.27. The molecule has 1 aromatic rings. The zero-order valence-electron chi connectivity index (χ0n) is 7.70. The number of halogens is 4. The molecule has 0 radical (unpaired) electrons. The van der Waals surface area contributed by atoms with E-state index in [1.165, 1.54) is 7.11 Å². The summed E-state index contributed by atoms with van der Waals surface area (Å²) in [4.78, 5) is 3.02. The topological polar surface area (TPSA) is 37.4 Å². The Hall–Kier alpha value is -1.78. The quantitative estimate of drug-likeness (QED) is 0.414. The van der Waals surface area contributed by atoms with Gasteiger partial charge in [0, 0.05) is 6.07 Å². The smallest absolute Gasteiger partial charge is 0.489 e. The van der Waals surface area contributed by atoms with E-state index in [-0.39, 0.29) is 0 Å². The molecule has 0 fully saturated rings. The maximum atomic E-state index is 9.75. The van der Waals surface area contributed by atoms with Crippen molar-refractivity contribution in [2.45, 2.75) is 0 Å². The van der Waals surface area contributed by atoms with Crippen molar-refractivity contribution in [2.75, 3.05) is 7.11 Å². The van der Waals surface area contributed by atoms with Gasteiger partial charge >= 0.3 is 12.9 Å². The highest BCUT2D eigenvalue weighted by molar-refractivity contribution is 6.50. The van der Waals surface area contributed by atoms with Gasteiger partial charge < -0.3 is 22.0 Å². The van der Waals surface area contributed by atoms with Crippen LogP contribution in [0.15, 0.2) is 24.3 Å². The Bertz CT molecular complexity index is 344. The molecule has 0 amide bonds. The molecule has 0 aliphatic heterocycles. The van der Waals surface area contributed by atoms with Gasteiger partial charge in [0.25, 0.3) is 0 Å². The molecule has 0 spiro atoms. The molecule has 0 bridgehead atoms. The van der Waals surface area contributed by atoms with Crippen LogP contribution >= 0.6 is 0 Å². The zero-order chi connectivity index (χ0) is 11.9. The van der Waals surface area contributed by atoms with Crippen molar-refractivity contribution in [3.05, 3.63) is 29.2 Å². The van der Waals surface area contributed by atoms with Crippen molar-refractivity contribution < 1.29 is 22.0 Å². The molecule has 0 unspecified atom stereocenters. The Morgan fingerprint density at radius 2 is 1.67 bits per heavy atom. The number of hydrogen-bond acceptors (Lipinski definition) is 2. The molecule has 82 valence electrons. The average Bonchev–Trinajstić information content (AvgIpc) is 2.15. The molecule has 0 saturated heterocycles. The van der Waals surface area contributed by atoms with Crippen LogP contribution < -0.4 is 4.74 Å². The van der Waals surface area contributed by atoms with Gasteiger partial charge in [-0.2, -0.15) is 0 Å². The first-order chi connectivity index (χ1) is 6.88. The van der Waals surface area contributed by atoms with Crippen LogP contribution in [0.5, 0.6) is 5.75 Å². The molecule has 1 rings (SSSR count). The second kappa shape index (κ2) is 5.85. The molecule has 15 heavy (non-hydrogen) atoms. The highest BCUT2D eigenvalue weighted by Gasteiger charge is 2.20. The Labute approximate surface area is 83.4 Å². The number of ether oxygens (including phenoxy) is 1. The molecule has 0 saturated carbocycles. The van der Waals surface area contributed by atoms with E-state index in [9.17, 15) is 17.3 Å². The number of para-hydroxylation sites is 1. The van der Waals surface area contributed by atoms with Crippen molar-refractivity contribution in [3.8, 4) is 5.75 Å². The minimum absolute atomic E-state index is 0.449. The van der Waals surface area contributed by atoms with Gasteiger partial charge in [0.1, 0.15) is 0 Å². The molecular formula is C7H7BF4N2O. The summed E-state index contributed by atoms with van der Waals surface area (Å²) in [5.74, 6) is 0.574. The molecule has 0 aliphatic carbocycles. The highest BCUT2D eigenvalue weighted by atomic mass is 19.5. The summed E-state index contributed by atoms with van der Waals surface area (Å²) in [5, 5.41) is 8.39. The third-order valence-corrected chi connectivity index (χ3v) is 1.19. The molecule has 0 heterocycles. The minimum atomic E-state index is -6.00. The summed E-state index contributed by atoms with van der Waals surface area (Å²) in [6.07, 6.45) is 0. The average molecular weight is 222 g/mol. The molecule has 0 aromatic heterocycles. The molecule has 0 N–H and O–H groups in total. The van der Waals surface area contributed by atoms with Crippen LogP contribution in [0.25, 0.3) is 4.98 Å². The van der Waals surface area contributed by atoms with E-state index in [4.69, 9.17) is 10.1 Å². The summed E-state index contributed by atoms with van der Waals surface area (Å²) >= 11 is 0. The van der Waals surface area contributed by atoms with Crippen LogP contribution in [-0.2, 0) is 0 Å². The molecule has 3 nitrogen and oxygen atoms in total. The Morgan fingerprint density at radius 3 is 2.00 bits per heavy atom. The summed E-state index contributed by atoms with van der Waals surface area (Å²) in [7, 11) is -4.47. The first-order valence-corrected chi connectivity index (χ1v) is 3.74. The number of methoxy groups -OCH3 is 1. The predicted octanol–water partition coefficient (Wildman–Crippen LogP) is 3.48. The molecule has 1 aromatic carbocycles. The summed E-state index contributed by atoms with van der Waals surface area (Å²) in [5.41, 5.74) is 0.449. The van der Waals surface area contributed by atoms with Crippen LogP contribution in [-0.4, -0.2) is 14.4 Å². The zero-order valence-corrected chi connectivity index (χ0v) is 7.70. The van der Waals surface area contributed by atoms with Crippen LogP contribution in [0.2, 0.25) is 0 Å². The van der Waals surface area contributed by atoms with Crippen LogP contribution in [0.4, 0.5) is 23.0 Å². The lowest BCUT2D eigenvalue weighted by Gasteiger charge is -1.94. The van der Waals surface area contributed by atoms with Gasteiger partial charge in [-0.25, -0.2) is 0 Å². The van der Waals surface area contributed by atoms with Crippen LogP contribution in [0.3, 0.4) is 0 Å². The van der Waals surface area contributed by atoms with Crippen molar-refractivity contribution >= 4 is 12.9 Å². The van der Waals surface area contributed by atoms with E-state index in [0.29, 0.717) is 11.4 Å². The summed E-state index contributed by atoms with van der Waals surface area (Å²) in [6, 6.07) is 6.99. The third kappa shape index (κ3) is 7.31. The highest BCUT2D eigenvalue weighted by Crippen LogP contribution is 2.25. The second-order valence-electron chi connectivity index (χ2n) is 2.27. The normalized spacial score (nSPS) is 9.60. The largest absolute Gasteiger partial charge is 0.673 e. The standard InChI is InChI=1S/C7H7N2O.BF4/c1-10-7-5-3-2-4-6(7)9-8;2-1(3,4)5/h2-5H,1H3;/q+1;-1. The Balaban J connectivity index is 0.000000336. The summed E-state index contributed by atoms with van der Waals surface area (Å²) in [6.45, 7) is 0. The molecule has 8 heteroatoms. The fraction of sp³-hybridized carbons (Fsp3) is 0.143. The lowest BCUT2D eigenvalue weighted by molar-refractivity contribution is 0.368. The van der Waals surface area contributed by atoms with Crippen LogP contribution in [0.1, 0.15) is 0 Å². The number of diazo groups is 1. The number of benzene rings is 1. The van der Waals surface area contributed by atoms with Gasteiger partial charge in [-0.3, -0.25) is 0 Å². The lowest BCUT2D eigenvalue weighted by atomic mass is 10.3. The number of nitrogens with zero attached hydrogens (tertiary/aromatic N) is 2. The third-order valence-electron chi connectivity index (χ3n) is 1.19. The van der Waals surface area contributed by atoms with E-state index >= 15 is 0 Å². The molecule has 0 atom stereocenters.